The van der Waals surface area contributed by atoms with Crippen LogP contribution < -0.4 is 0 Å². The average molecular weight is 294 g/mol. The number of carbonyl (C=O) groups is 1. The van der Waals surface area contributed by atoms with Crippen molar-refractivity contribution in [1.29, 1.82) is 0 Å². The van der Waals surface area contributed by atoms with E-state index in [1.807, 2.05) is 20.9 Å². The molecule has 116 valence electrons. The highest BCUT2D eigenvalue weighted by Gasteiger charge is 2.44. The molecule has 0 spiro atoms. The molecule has 1 N–H and O–H groups in total. The van der Waals surface area contributed by atoms with Crippen LogP contribution in [0.25, 0.3) is 0 Å². The van der Waals surface area contributed by atoms with Gasteiger partial charge in [0.1, 0.15) is 5.82 Å². The number of hydrogen-bond donors (Lipinski definition) is 1. The maximum absolute atomic E-state index is 12.4. The van der Waals surface area contributed by atoms with Crippen molar-refractivity contribution in [1.82, 2.24) is 20.1 Å². The summed E-state index contributed by atoms with van der Waals surface area (Å²) in [7, 11) is 1.83. The highest BCUT2D eigenvalue weighted by molar-refractivity contribution is 5.83. The van der Waals surface area contributed by atoms with E-state index in [1.165, 1.54) is 0 Å². The molecule has 1 aromatic heterocycles. The fourth-order valence-electron chi connectivity index (χ4n) is 2.99. The van der Waals surface area contributed by atoms with E-state index in [0.29, 0.717) is 26.4 Å². The van der Waals surface area contributed by atoms with Crippen LogP contribution in [0, 0.1) is 12.3 Å². The Morgan fingerprint density at radius 1 is 1.52 bits per heavy atom. The molecule has 21 heavy (non-hydrogen) atoms. The number of ether oxygens (including phenoxy) is 2. The standard InChI is InChI=1S/C14H22N4O3/c1-9-15-12(17-16-9)10-4-5-21-11(10)6-18(3)13(19)14(2)7-20-8-14/h10-11H,4-8H2,1-3H3,(H,15,16,17)/t10-,11-/m1/s1. The van der Waals surface area contributed by atoms with Crippen LogP contribution in [0.1, 0.15) is 30.9 Å². The van der Waals surface area contributed by atoms with Crippen molar-refractivity contribution in [3.05, 3.63) is 11.6 Å². The minimum atomic E-state index is -0.371. The van der Waals surface area contributed by atoms with E-state index in [-0.39, 0.29) is 23.3 Å². The summed E-state index contributed by atoms with van der Waals surface area (Å²) in [6.07, 6.45) is 0.850. The maximum atomic E-state index is 12.4. The second-order valence-corrected chi connectivity index (χ2v) is 6.32. The zero-order valence-corrected chi connectivity index (χ0v) is 12.8. The Kier molecular flexibility index (Phi) is 3.71. The summed E-state index contributed by atoms with van der Waals surface area (Å²) in [4.78, 5) is 18.6. The summed E-state index contributed by atoms with van der Waals surface area (Å²) in [5, 5.41) is 7.11. The summed E-state index contributed by atoms with van der Waals surface area (Å²) in [5.74, 6) is 1.86. The van der Waals surface area contributed by atoms with E-state index in [9.17, 15) is 4.79 Å². The van der Waals surface area contributed by atoms with Crippen molar-refractivity contribution in [2.75, 3.05) is 33.4 Å². The number of hydrogen-bond acceptors (Lipinski definition) is 5. The Balaban J connectivity index is 1.64. The zero-order valence-electron chi connectivity index (χ0n) is 12.8. The van der Waals surface area contributed by atoms with Gasteiger partial charge in [-0.2, -0.15) is 5.10 Å². The molecule has 1 aromatic rings. The van der Waals surface area contributed by atoms with Crippen LogP contribution in [0.5, 0.6) is 0 Å². The molecule has 7 heteroatoms. The third-order valence-electron chi connectivity index (χ3n) is 4.31. The second-order valence-electron chi connectivity index (χ2n) is 6.32. The number of rotatable bonds is 4. The van der Waals surface area contributed by atoms with Crippen LogP contribution in [-0.4, -0.2) is 65.5 Å². The lowest BCUT2D eigenvalue weighted by Gasteiger charge is -2.39. The topological polar surface area (TPSA) is 80.3 Å². The largest absolute Gasteiger partial charge is 0.379 e. The quantitative estimate of drug-likeness (QED) is 0.873. The van der Waals surface area contributed by atoms with Crippen molar-refractivity contribution >= 4 is 5.91 Å². The number of aromatic amines is 1. The van der Waals surface area contributed by atoms with E-state index in [0.717, 1.165) is 18.1 Å². The molecule has 7 nitrogen and oxygen atoms in total. The molecule has 0 saturated carbocycles. The number of nitrogens with zero attached hydrogens (tertiary/aromatic N) is 3. The zero-order chi connectivity index (χ0) is 15.0. The van der Waals surface area contributed by atoms with Crippen molar-refractivity contribution < 1.29 is 14.3 Å². The summed E-state index contributed by atoms with van der Waals surface area (Å²) in [6, 6.07) is 0. The monoisotopic (exact) mass is 294 g/mol. The number of aromatic nitrogens is 3. The normalized spacial score (nSPS) is 27.4. The predicted molar refractivity (Wildman–Crippen MR) is 74.8 cm³/mol. The van der Waals surface area contributed by atoms with Gasteiger partial charge in [-0.05, 0) is 20.3 Å². The number of carbonyl (C=O) groups excluding carboxylic acids is 1. The first-order valence-electron chi connectivity index (χ1n) is 7.33. The van der Waals surface area contributed by atoms with E-state index >= 15 is 0 Å². The van der Waals surface area contributed by atoms with Gasteiger partial charge in [0.25, 0.3) is 0 Å². The van der Waals surface area contributed by atoms with E-state index in [4.69, 9.17) is 9.47 Å². The average Bonchev–Trinajstić information content (AvgIpc) is 3.03. The minimum Gasteiger partial charge on any atom is -0.379 e. The van der Waals surface area contributed by atoms with Gasteiger partial charge in [0.15, 0.2) is 5.82 Å². The van der Waals surface area contributed by atoms with Gasteiger partial charge in [0.2, 0.25) is 5.91 Å². The van der Waals surface area contributed by atoms with Crippen molar-refractivity contribution in [2.45, 2.75) is 32.3 Å². The molecule has 0 unspecified atom stereocenters. The van der Waals surface area contributed by atoms with E-state index < -0.39 is 0 Å². The van der Waals surface area contributed by atoms with Gasteiger partial charge in [-0.3, -0.25) is 9.89 Å². The number of aryl methyl sites for hydroxylation is 1. The van der Waals surface area contributed by atoms with Crippen molar-refractivity contribution in [3.63, 3.8) is 0 Å². The van der Waals surface area contributed by atoms with Crippen LogP contribution in [0.3, 0.4) is 0 Å². The Morgan fingerprint density at radius 3 is 2.86 bits per heavy atom. The molecule has 0 aromatic carbocycles. The van der Waals surface area contributed by atoms with Crippen LogP contribution in [0.4, 0.5) is 0 Å². The van der Waals surface area contributed by atoms with Gasteiger partial charge in [-0.25, -0.2) is 4.98 Å². The molecule has 2 atom stereocenters. The van der Waals surface area contributed by atoms with Gasteiger partial charge < -0.3 is 14.4 Å². The molecule has 2 aliphatic heterocycles. The smallest absolute Gasteiger partial charge is 0.233 e. The predicted octanol–water partition coefficient (Wildman–Crippen LogP) is 0.481. The van der Waals surface area contributed by atoms with E-state index in [1.54, 1.807) is 4.90 Å². The minimum absolute atomic E-state index is 0.0428. The summed E-state index contributed by atoms with van der Waals surface area (Å²) in [5.41, 5.74) is -0.371. The molecule has 2 saturated heterocycles. The fourth-order valence-corrected chi connectivity index (χ4v) is 2.99. The van der Waals surface area contributed by atoms with Gasteiger partial charge in [-0.15, -0.1) is 0 Å². The number of nitrogens with one attached hydrogen (secondary N) is 1. The lowest BCUT2D eigenvalue weighted by Crippen LogP contribution is -2.53. The first-order valence-corrected chi connectivity index (χ1v) is 7.33. The maximum Gasteiger partial charge on any atom is 0.233 e. The van der Waals surface area contributed by atoms with Crippen molar-refractivity contribution in [2.24, 2.45) is 5.41 Å². The molecule has 1 amide bonds. The van der Waals surface area contributed by atoms with Gasteiger partial charge in [0, 0.05) is 20.2 Å². The number of likely N-dealkylation sites (N-methyl/N-ethyl adjacent to an activating group) is 1. The molecular weight excluding hydrogens is 272 g/mol. The summed E-state index contributed by atoms with van der Waals surface area (Å²) < 4.78 is 11.0. The Morgan fingerprint density at radius 2 is 2.29 bits per heavy atom. The van der Waals surface area contributed by atoms with Crippen LogP contribution in [-0.2, 0) is 14.3 Å². The first kappa shape index (κ1) is 14.5. The SMILES string of the molecule is Cc1nc([C@@H]2CCO[C@@H]2CN(C)C(=O)C2(C)COC2)n[nH]1. The van der Waals surface area contributed by atoms with Crippen molar-refractivity contribution in [3.8, 4) is 0 Å². The Bertz CT molecular complexity index is 526. The van der Waals surface area contributed by atoms with Crippen LogP contribution in [0.15, 0.2) is 0 Å². The number of H-pyrrole nitrogens is 1. The molecule has 3 rings (SSSR count). The van der Waals surface area contributed by atoms with Crippen LogP contribution >= 0.6 is 0 Å². The molecule has 0 radical (unpaired) electrons. The highest BCUT2D eigenvalue weighted by atomic mass is 16.5. The number of amides is 1. The van der Waals surface area contributed by atoms with Gasteiger partial charge in [0.05, 0.1) is 30.7 Å². The molecule has 0 bridgehead atoms. The summed E-state index contributed by atoms with van der Waals surface area (Å²) in [6.45, 7) is 6.09. The fraction of sp³-hybridized carbons (Fsp3) is 0.786. The summed E-state index contributed by atoms with van der Waals surface area (Å²) >= 11 is 0. The Labute approximate surface area is 124 Å². The molecular formula is C14H22N4O3. The molecule has 3 heterocycles. The molecule has 2 fully saturated rings. The molecule has 0 aliphatic carbocycles. The first-order chi connectivity index (χ1) is 9.99. The lowest BCUT2D eigenvalue weighted by molar-refractivity contribution is -0.168. The third kappa shape index (κ3) is 2.67. The second kappa shape index (κ2) is 5.38. The van der Waals surface area contributed by atoms with E-state index in [2.05, 4.69) is 15.2 Å². The van der Waals surface area contributed by atoms with Gasteiger partial charge >= 0.3 is 0 Å². The lowest BCUT2D eigenvalue weighted by atomic mass is 9.87. The Hall–Kier alpha value is -1.47. The highest BCUT2D eigenvalue weighted by Crippen LogP contribution is 2.32. The van der Waals surface area contributed by atoms with Crippen LogP contribution in [0.2, 0.25) is 0 Å². The van der Waals surface area contributed by atoms with Gasteiger partial charge in [-0.1, -0.05) is 0 Å². The third-order valence-corrected chi connectivity index (χ3v) is 4.31. The molecule has 2 aliphatic rings.